The molecule has 0 radical (unpaired) electrons. The summed E-state index contributed by atoms with van der Waals surface area (Å²) in [6.45, 7) is -1.39. The number of phenolic OH excluding ortho intramolecular Hbond substituents is 1. The number of carbonyl (C=O) groups excluding carboxylic acids is 4. The lowest BCUT2D eigenvalue weighted by atomic mass is 9.88. The third-order valence-electron chi connectivity index (χ3n) is 12.9. The van der Waals surface area contributed by atoms with Crippen molar-refractivity contribution in [1.29, 1.82) is 0 Å². The van der Waals surface area contributed by atoms with Crippen LogP contribution in [0.4, 0.5) is 14.3 Å². The lowest BCUT2D eigenvalue weighted by Gasteiger charge is -2.30. The Morgan fingerprint density at radius 1 is 0.803 bits per heavy atom. The number of unbranched alkanes of at least 4 members (excludes halogenated alkanes) is 3. The van der Waals surface area contributed by atoms with Crippen LogP contribution in [0.1, 0.15) is 95.8 Å². The van der Waals surface area contributed by atoms with E-state index in [0.717, 1.165) is 62.2 Å². The van der Waals surface area contributed by atoms with Gasteiger partial charge in [-0.3, -0.25) is 19.2 Å². The molecule has 0 bridgehead atoms. The first kappa shape index (κ1) is 50.3. The maximum Gasteiger partial charge on any atom is 0.737 e. The first-order valence-corrected chi connectivity index (χ1v) is 25.2. The second-order valence-electron chi connectivity index (χ2n) is 18.2. The third-order valence-corrected chi connectivity index (χ3v) is 13.8. The Morgan fingerprint density at radius 3 is 2.32 bits per heavy atom. The van der Waals surface area contributed by atoms with Crippen LogP contribution in [-0.4, -0.2) is 102 Å². The molecule has 3 aliphatic rings. The fourth-order valence-electron chi connectivity index (χ4n) is 9.17. The molecule has 8 rings (SSSR count). The number of phenols is 1. The number of thiophene rings is 1. The van der Waals surface area contributed by atoms with Crippen molar-refractivity contribution in [2.45, 2.75) is 63.7 Å². The number of benzene rings is 3. The summed E-state index contributed by atoms with van der Waals surface area (Å²) in [5.41, 5.74) is 6.79. The minimum Gasteiger partial charge on any atom is -0.508 e. The maximum absolute atomic E-state index is 16.1. The molecule has 71 heavy (non-hydrogen) atoms. The molecule has 0 spiro atoms. The number of nitrogens with zero attached hydrogens (tertiary/aromatic N) is 3. The molecule has 4 amide bonds. The average molecular weight is 984 g/mol. The molecular formula is C54H60BF2N7O6S. The molecule has 5 heterocycles. The van der Waals surface area contributed by atoms with Gasteiger partial charge in [-0.2, -0.15) is 0 Å². The van der Waals surface area contributed by atoms with Crippen molar-refractivity contribution in [2.24, 2.45) is 0 Å². The van der Waals surface area contributed by atoms with Crippen LogP contribution >= 0.6 is 11.3 Å². The zero-order valence-corrected chi connectivity index (χ0v) is 40.7. The number of fused-ring (bicyclic) bond motifs is 3. The molecule has 0 saturated carbocycles. The number of likely N-dealkylation sites (N-methyl/N-ethyl adjacent to an activating group) is 1. The minimum atomic E-state index is -4.13. The highest BCUT2D eigenvalue weighted by molar-refractivity contribution is 7.12. The van der Waals surface area contributed by atoms with Gasteiger partial charge in [0.2, 0.25) is 17.7 Å². The number of ether oxygens (including phenoxy) is 1. The number of amides is 4. The molecule has 370 valence electrons. The van der Waals surface area contributed by atoms with E-state index in [1.54, 1.807) is 72.8 Å². The Kier molecular flexibility index (Phi) is 16.8. The number of rotatable bonds is 22. The van der Waals surface area contributed by atoms with Crippen LogP contribution in [0, 0.1) is 0 Å². The van der Waals surface area contributed by atoms with E-state index in [4.69, 9.17) is 4.74 Å². The molecule has 0 fully saturated rings. The zero-order chi connectivity index (χ0) is 49.7. The van der Waals surface area contributed by atoms with Crippen LogP contribution in [0.25, 0.3) is 18.2 Å². The van der Waals surface area contributed by atoms with Crippen molar-refractivity contribution < 1.29 is 42.1 Å². The van der Waals surface area contributed by atoms with Crippen molar-refractivity contribution in [3.05, 3.63) is 153 Å². The van der Waals surface area contributed by atoms with Gasteiger partial charge >= 0.3 is 6.97 Å². The van der Waals surface area contributed by atoms with E-state index in [2.05, 4.69) is 33.2 Å². The van der Waals surface area contributed by atoms with E-state index >= 15 is 8.63 Å². The van der Waals surface area contributed by atoms with Gasteiger partial charge in [-0.05, 0) is 127 Å². The number of halogens is 2. The van der Waals surface area contributed by atoms with Crippen LogP contribution in [0.15, 0.2) is 114 Å². The molecule has 5 aromatic rings. The summed E-state index contributed by atoms with van der Waals surface area (Å²) < 4.78 is 40.1. The van der Waals surface area contributed by atoms with E-state index in [1.165, 1.54) is 16.9 Å². The summed E-state index contributed by atoms with van der Waals surface area (Å²) in [5, 5.41) is 23.5. The van der Waals surface area contributed by atoms with Gasteiger partial charge < -0.3 is 53.6 Å². The quantitative estimate of drug-likeness (QED) is 0.0346. The fourth-order valence-corrected chi connectivity index (χ4v) is 9.92. The topological polar surface area (TPSA) is 157 Å². The molecule has 1 unspecified atom stereocenters. The lowest BCUT2D eigenvalue weighted by molar-refractivity contribution is -0.360. The van der Waals surface area contributed by atoms with Gasteiger partial charge in [0.15, 0.2) is 18.0 Å². The predicted molar refractivity (Wildman–Crippen MR) is 277 cm³/mol. The Hall–Kier alpha value is -7.11. The number of nitrogens with one attached hydrogen (secondary N) is 4. The normalized spacial score (nSPS) is 15.9. The molecule has 2 aromatic heterocycles. The molecular weight excluding hydrogens is 924 g/mol. The number of aromatic hydroxyl groups is 1. The van der Waals surface area contributed by atoms with E-state index in [-0.39, 0.29) is 54.9 Å². The van der Waals surface area contributed by atoms with Crippen LogP contribution < -0.4 is 26.0 Å². The number of hydrogen-bond donors (Lipinski definition) is 5. The van der Waals surface area contributed by atoms with Gasteiger partial charge in [0.05, 0.1) is 4.88 Å². The van der Waals surface area contributed by atoms with E-state index < -0.39 is 6.97 Å². The number of anilines is 1. The highest BCUT2D eigenvalue weighted by Gasteiger charge is 2.52. The molecule has 5 N–H and O–H groups in total. The average Bonchev–Trinajstić information content (AvgIpc) is 4.13. The van der Waals surface area contributed by atoms with Crippen molar-refractivity contribution in [1.82, 2.24) is 25.3 Å². The Labute approximate surface area is 417 Å². The highest BCUT2D eigenvalue weighted by atomic mass is 32.1. The second-order valence-corrected chi connectivity index (χ2v) is 19.1. The number of aromatic nitrogens is 1. The van der Waals surface area contributed by atoms with Gasteiger partial charge in [-0.1, -0.05) is 48.9 Å². The van der Waals surface area contributed by atoms with Crippen molar-refractivity contribution in [3.8, 4) is 11.5 Å². The summed E-state index contributed by atoms with van der Waals surface area (Å²) in [6.07, 6.45) is 13.8. The van der Waals surface area contributed by atoms with Gasteiger partial charge in [0.1, 0.15) is 11.5 Å². The molecule has 0 aliphatic carbocycles. The van der Waals surface area contributed by atoms with Gasteiger partial charge in [0.25, 0.3) is 5.91 Å². The first-order chi connectivity index (χ1) is 34.4. The third kappa shape index (κ3) is 13.2. The predicted octanol–water partition coefficient (Wildman–Crippen LogP) is 8.18. The van der Waals surface area contributed by atoms with Crippen LogP contribution in [0.3, 0.4) is 0 Å². The second kappa shape index (κ2) is 23.7. The monoisotopic (exact) mass is 983 g/mol. The Morgan fingerprint density at radius 2 is 1.54 bits per heavy atom. The number of hydrogen-bond acceptors (Lipinski definition) is 8. The van der Waals surface area contributed by atoms with Crippen LogP contribution in [-0.2, 0) is 25.6 Å². The van der Waals surface area contributed by atoms with Crippen LogP contribution in [0.2, 0.25) is 0 Å². The van der Waals surface area contributed by atoms with Crippen LogP contribution in [0.5, 0.6) is 11.5 Å². The Bertz CT molecular complexity index is 2820. The van der Waals surface area contributed by atoms with Gasteiger partial charge in [-0.25, -0.2) is 0 Å². The SMILES string of the molecule is CN1CCc2ccc(O)cc2C(c2ccc(NC(=O)CCCCNC(=O)CCNC(=O)CCCCCNC(=O)COc3ccc(/C=C/c4ccc5n4[B-](F)(F)[N+]4=C(c6cccs6)C=CC4=C5)cc3)cc2)C1. The standard InChI is InChI=1S/C54H60BF2N7O6S/c1-62-32-28-40-16-23-45(65)35-47(40)48(36-62)39-14-17-41(18-15-39)61-53(68)10-4-6-30-58-52(67)27-31-60-51(66)9-3-2-5-29-59-54(69)37-70-46-24-12-38(13-25-46)11-19-42-20-21-43-34-44-22-26-49(50-8-7-33-71-50)64(44)55(56,57)63(42)43/h7-8,11-26,33-35,48,65H,2-6,9-10,27-32,36-37H2,1H3,(H,58,67)(H,59,69)(H,60,66)(H,61,68)/b19-11+. The number of carbonyl (C=O) groups is 4. The van der Waals surface area contributed by atoms with Crippen molar-refractivity contribution in [3.63, 3.8) is 0 Å². The number of allylic oxidation sites excluding steroid dienone is 2. The fraction of sp³-hybridized carbons (Fsp3) is 0.315. The summed E-state index contributed by atoms with van der Waals surface area (Å²) >= 11 is 1.43. The molecule has 3 aromatic carbocycles. The largest absolute Gasteiger partial charge is 0.737 e. The summed E-state index contributed by atoms with van der Waals surface area (Å²) in [5.74, 6) is 0.216. The summed E-state index contributed by atoms with van der Waals surface area (Å²) in [7, 11) is 2.11. The maximum atomic E-state index is 16.1. The van der Waals surface area contributed by atoms with E-state index in [0.29, 0.717) is 80.2 Å². The van der Waals surface area contributed by atoms with E-state index in [1.807, 2.05) is 53.9 Å². The zero-order valence-electron chi connectivity index (χ0n) is 39.9. The first-order valence-electron chi connectivity index (χ1n) is 24.4. The smallest absolute Gasteiger partial charge is 0.508 e. The molecule has 17 heteroatoms. The van der Waals surface area contributed by atoms with Crippen molar-refractivity contribution >= 4 is 71.6 Å². The molecule has 0 saturated heterocycles. The molecule has 3 aliphatic heterocycles. The van der Waals surface area contributed by atoms with E-state index in [9.17, 15) is 24.3 Å². The summed E-state index contributed by atoms with van der Waals surface area (Å²) in [6, 6.07) is 27.7. The van der Waals surface area contributed by atoms with Gasteiger partial charge in [0, 0.05) is 93.2 Å². The highest BCUT2D eigenvalue weighted by Crippen LogP contribution is 2.36. The Balaban J connectivity index is 0.634. The summed E-state index contributed by atoms with van der Waals surface area (Å²) in [4.78, 5) is 52.7. The molecule has 13 nitrogen and oxygen atoms in total. The van der Waals surface area contributed by atoms with Crippen molar-refractivity contribution in [2.75, 3.05) is 51.7 Å². The lowest BCUT2D eigenvalue weighted by Crippen LogP contribution is -2.50. The minimum absolute atomic E-state index is 0.0920. The van der Waals surface area contributed by atoms with Gasteiger partial charge in [-0.15, -0.1) is 11.3 Å². The molecule has 1 atom stereocenters.